The third-order valence-electron chi connectivity index (χ3n) is 2.05. The van der Waals surface area contributed by atoms with Crippen LogP contribution in [0.15, 0.2) is 0 Å². The van der Waals surface area contributed by atoms with Crippen molar-refractivity contribution in [1.82, 2.24) is 0 Å². The largest absolute Gasteiger partial charge is 0.468 e. The van der Waals surface area contributed by atoms with E-state index in [9.17, 15) is 9.59 Å². The Kier molecular flexibility index (Phi) is 5.28. The lowest BCUT2D eigenvalue weighted by Crippen LogP contribution is -2.35. The molecule has 0 amide bonds. The molecule has 5 nitrogen and oxygen atoms in total. The highest BCUT2D eigenvalue weighted by molar-refractivity contribution is 5.94. The lowest BCUT2D eigenvalue weighted by Gasteiger charge is -2.20. The van der Waals surface area contributed by atoms with Crippen LogP contribution in [0.25, 0.3) is 0 Å². The molecule has 0 aromatic heterocycles. The number of carbonyl (C=O) groups excluding carboxylic acids is 2. The van der Waals surface area contributed by atoms with Gasteiger partial charge in [0.15, 0.2) is 5.92 Å². The number of nitrogens with two attached hydrogens (primary N) is 1. The fourth-order valence-corrected chi connectivity index (χ4v) is 1.13. The maximum Gasteiger partial charge on any atom is 0.320 e. The molecular formula is C10H19NO4. The molecule has 0 bridgehead atoms. The molecule has 0 unspecified atom stereocenters. The van der Waals surface area contributed by atoms with Gasteiger partial charge < -0.3 is 15.2 Å². The second-order valence-electron chi connectivity index (χ2n) is 4.13. The Bertz CT molecular complexity index is 216. The predicted molar refractivity (Wildman–Crippen MR) is 55.0 cm³/mol. The van der Waals surface area contributed by atoms with Crippen LogP contribution in [-0.2, 0) is 19.1 Å². The molecule has 0 spiro atoms. The van der Waals surface area contributed by atoms with Crippen molar-refractivity contribution in [3.05, 3.63) is 0 Å². The number of carbonyl (C=O) groups is 2. The van der Waals surface area contributed by atoms with Crippen molar-refractivity contribution in [2.45, 2.75) is 32.2 Å². The summed E-state index contributed by atoms with van der Waals surface area (Å²) in [6.45, 7) is 3.66. The van der Waals surface area contributed by atoms with Gasteiger partial charge in [0, 0.05) is 5.54 Å². The van der Waals surface area contributed by atoms with Crippen LogP contribution in [0.5, 0.6) is 0 Å². The maximum atomic E-state index is 11.3. The number of ether oxygens (including phenoxy) is 2. The topological polar surface area (TPSA) is 78.6 Å². The second kappa shape index (κ2) is 5.70. The zero-order valence-corrected chi connectivity index (χ0v) is 9.70. The zero-order chi connectivity index (χ0) is 12.1. The van der Waals surface area contributed by atoms with Gasteiger partial charge in [0.05, 0.1) is 14.2 Å². The Morgan fingerprint density at radius 2 is 1.60 bits per heavy atom. The molecule has 2 N–H and O–H groups in total. The molecule has 5 heteroatoms. The summed E-state index contributed by atoms with van der Waals surface area (Å²) in [5, 5.41) is 0. The molecule has 0 aromatic rings. The van der Waals surface area contributed by atoms with Crippen molar-refractivity contribution >= 4 is 11.9 Å². The lowest BCUT2D eigenvalue weighted by molar-refractivity contribution is -0.159. The Hall–Kier alpha value is -1.10. The van der Waals surface area contributed by atoms with Crippen LogP contribution in [0, 0.1) is 5.92 Å². The van der Waals surface area contributed by atoms with Crippen LogP contribution < -0.4 is 5.73 Å². The molecule has 0 aromatic carbocycles. The molecule has 0 aliphatic carbocycles. The Morgan fingerprint density at radius 3 is 1.87 bits per heavy atom. The molecule has 0 fully saturated rings. The summed E-state index contributed by atoms with van der Waals surface area (Å²) in [5.74, 6) is -2.03. The Balaban J connectivity index is 4.39. The maximum absolute atomic E-state index is 11.3. The summed E-state index contributed by atoms with van der Waals surface area (Å²) in [6.07, 6.45) is 0.880. The summed E-state index contributed by atoms with van der Waals surface area (Å²) < 4.78 is 9.04. The predicted octanol–water partition coefficient (Wildman–Crippen LogP) is 0.466. The minimum Gasteiger partial charge on any atom is -0.468 e. The van der Waals surface area contributed by atoms with E-state index in [1.807, 2.05) is 13.8 Å². The number of rotatable bonds is 5. The van der Waals surface area contributed by atoms with E-state index in [0.29, 0.717) is 12.8 Å². The molecule has 0 radical (unpaired) electrons. The quantitative estimate of drug-likeness (QED) is 0.535. The van der Waals surface area contributed by atoms with E-state index >= 15 is 0 Å². The van der Waals surface area contributed by atoms with Crippen LogP contribution >= 0.6 is 0 Å². The van der Waals surface area contributed by atoms with E-state index in [0.717, 1.165) is 0 Å². The van der Waals surface area contributed by atoms with Gasteiger partial charge in [-0.3, -0.25) is 9.59 Å². The molecule has 0 rings (SSSR count). The molecule has 0 atom stereocenters. The van der Waals surface area contributed by atoms with Crippen LogP contribution in [-0.4, -0.2) is 31.7 Å². The average molecular weight is 217 g/mol. The van der Waals surface area contributed by atoms with E-state index in [1.54, 1.807) is 0 Å². The van der Waals surface area contributed by atoms with E-state index < -0.39 is 23.4 Å². The van der Waals surface area contributed by atoms with Gasteiger partial charge in [-0.2, -0.15) is 0 Å². The van der Waals surface area contributed by atoms with Crippen molar-refractivity contribution in [3.8, 4) is 0 Å². The summed E-state index contributed by atoms with van der Waals surface area (Å²) in [6, 6.07) is 0. The first-order valence-corrected chi connectivity index (χ1v) is 4.76. The van der Waals surface area contributed by atoms with Gasteiger partial charge in [-0.15, -0.1) is 0 Å². The first kappa shape index (κ1) is 13.9. The zero-order valence-electron chi connectivity index (χ0n) is 9.70. The summed E-state index contributed by atoms with van der Waals surface area (Å²) >= 11 is 0. The molecule has 0 saturated heterocycles. The summed E-state index contributed by atoms with van der Waals surface area (Å²) in [4.78, 5) is 22.5. The van der Waals surface area contributed by atoms with Crippen molar-refractivity contribution in [1.29, 1.82) is 0 Å². The minimum atomic E-state index is -0.872. The minimum absolute atomic E-state index is 0.336. The first-order chi connectivity index (χ1) is 6.81. The molecule has 0 aliphatic rings. The van der Waals surface area contributed by atoms with E-state index in [-0.39, 0.29) is 0 Å². The van der Waals surface area contributed by atoms with Gasteiger partial charge >= 0.3 is 11.9 Å². The highest BCUT2D eigenvalue weighted by Crippen LogP contribution is 2.16. The average Bonchev–Trinajstić information content (AvgIpc) is 2.15. The fourth-order valence-electron chi connectivity index (χ4n) is 1.13. The van der Waals surface area contributed by atoms with Crippen molar-refractivity contribution in [2.24, 2.45) is 11.7 Å². The van der Waals surface area contributed by atoms with E-state index in [2.05, 4.69) is 9.47 Å². The third-order valence-corrected chi connectivity index (χ3v) is 2.05. The van der Waals surface area contributed by atoms with Crippen LogP contribution in [0.1, 0.15) is 26.7 Å². The summed E-state index contributed by atoms with van der Waals surface area (Å²) in [7, 11) is 2.48. The molecular weight excluding hydrogens is 198 g/mol. The Morgan fingerprint density at radius 1 is 1.20 bits per heavy atom. The molecule has 0 saturated carbocycles. The monoisotopic (exact) mass is 217 g/mol. The van der Waals surface area contributed by atoms with Crippen LogP contribution in [0.4, 0.5) is 0 Å². The number of methoxy groups -OCH3 is 2. The van der Waals surface area contributed by atoms with Gasteiger partial charge in [-0.25, -0.2) is 0 Å². The fraction of sp³-hybridized carbons (Fsp3) is 0.800. The molecule has 0 aliphatic heterocycles. The summed E-state index contributed by atoms with van der Waals surface area (Å²) in [5.41, 5.74) is 5.35. The normalized spacial score (nSPS) is 11.3. The van der Waals surface area contributed by atoms with Crippen molar-refractivity contribution in [3.63, 3.8) is 0 Å². The van der Waals surface area contributed by atoms with Crippen LogP contribution in [0.2, 0.25) is 0 Å². The first-order valence-electron chi connectivity index (χ1n) is 4.76. The molecule has 88 valence electrons. The molecule has 0 heterocycles. The van der Waals surface area contributed by atoms with Gasteiger partial charge in [0.1, 0.15) is 0 Å². The van der Waals surface area contributed by atoms with E-state index in [4.69, 9.17) is 5.73 Å². The van der Waals surface area contributed by atoms with Gasteiger partial charge in [-0.05, 0) is 26.7 Å². The smallest absolute Gasteiger partial charge is 0.320 e. The standard InChI is InChI=1S/C10H19NO4/c1-10(2,11)6-5-7(8(12)14-3)9(13)15-4/h7H,5-6,11H2,1-4H3. The number of hydrogen-bond donors (Lipinski definition) is 1. The lowest BCUT2D eigenvalue weighted by atomic mass is 9.93. The van der Waals surface area contributed by atoms with Gasteiger partial charge in [0.2, 0.25) is 0 Å². The molecule has 15 heavy (non-hydrogen) atoms. The Labute approximate surface area is 89.9 Å². The second-order valence-corrected chi connectivity index (χ2v) is 4.13. The number of esters is 2. The third kappa shape index (κ3) is 5.37. The van der Waals surface area contributed by atoms with Gasteiger partial charge in [-0.1, -0.05) is 0 Å². The van der Waals surface area contributed by atoms with Crippen LogP contribution in [0.3, 0.4) is 0 Å². The van der Waals surface area contributed by atoms with E-state index in [1.165, 1.54) is 14.2 Å². The van der Waals surface area contributed by atoms with Gasteiger partial charge in [0.25, 0.3) is 0 Å². The SMILES string of the molecule is COC(=O)C(CCC(C)(C)N)C(=O)OC. The highest BCUT2D eigenvalue weighted by Gasteiger charge is 2.29. The van der Waals surface area contributed by atoms with Crippen molar-refractivity contribution < 1.29 is 19.1 Å². The number of hydrogen-bond acceptors (Lipinski definition) is 5. The van der Waals surface area contributed by atoms with Crippen molar-refractivity contribution in [2.75, 3.05) is 14.2 Å². The highest BCUT2D eigenvalue weighted by atomic mass is 16.5.